The number of aromatic amines is 1. The van der Waals surface area contributed by atoms with E-state index in [1.807, 2.05) is 12.1 Å². The van der Waals surface area contributed by atoms with Crippen molar-refractivity contribution < 1.29 is 0 Å². The molecule has 5 heteroatoms. The van der Waals surface area contributed by atoms with Gasteiger partial charge in [-0.1, -0.05) is 12.8 Å². The second-order valence-corrected chi connectivity index (χ2v) is 5.63. The molecule has 0 aromatic carbocycles. The van der Waals surface area contributed by atoms with Crippen molar-refractivity contribution in [1.82, 2.24) is 15.0 Å². The molecule has 4 nitrogen and oxygen atoms in total. The molecule has 1 aliphatic carbocycles. The van der Waals surface area contributed by atoms with Crippen molar-refractivity contribution in [3.8, 4) is 11.4 Å². The summed E-state index contributed by atoms with van der Waals surface area (Å²) in [5.41, 5.74) is 1.61. The molecule has 3 rings (SSSR count). The van der Waals surface area contributed by atoms with Gasteiger partial charge >= 0.3 is 0 Å². The Morgan fingerprint density at radius 3 is 2.79 bits per heavy atom. The van der Waals surface area contributed by atoms with Crippen LogP contribution in [0.5, 0.6) is 0 Å². The summed E-state index contributed by atoms with van der Waals surface area (Å²) in [5.74, 6) is 0.996. The van der Waals surface area contributed by atoms with Crippen LogP contribution in [0.2, 0.25) is 0 Å². The smallest absolute Gasteiger partial charge is 0.265 e. The zero-order valence-electron chi connectivity index (χ0n) is 10.4. The Kier molecular flexibility index (Phi) is 3.46. The monoisotopic (exact) mass is 319 g/mol. The Morgan fingerprint density at radius 1 is 1.32 bits per heavy atom. The zero-order valence-corrected chi connectivity index (χ0v) is 12.0. The van der Waals surface area contributed by atoms with Crippen molar-refractivity contribution in [2.24, 2.45) is 0 Å². The Balaban J connectivity index is 2.10. The fourth-order valence-corrected chi connectivity index (χ4v) is 3.10. The highest BCUT2D eigenvalue weighted by molar-refractivity contribution is 9.10. The lowest BCUT2D eigenvalue weighted by molar-refractivity contribution is 0.688. The molecule has 0 amide bonds. The third-order valence-electron chi connectivity index (χ3n) is 3.57. The first kappa shape index (κ1) is 12.5. The summed E-state index contributed by atoms with van der Waals surface area (Å²) in [5, 5.41) is 0. The van der Waals surface area contributed by atoms with E-state index in [0.29, 0.717) is 16.2 Å². The molecule has 98 valence electrons. The lowest BCUT2D eigenvalue weighted by Gasteiger charge is -2.11. The minimum Gasteiger partial charge on any atom is -0.305 e. The average molecular weight is 320 g/mol. The van der Waals surface area contributed by atoms with Crippen molar-refractivity contribution >= 4 is 15.9 Å². The van der Waals surface area contributed by atoms with Gasteiger partial charge < -0.3 is 4.98 Å². The Hall–Kier alpha value is -1.49. The van der Waals surface area contributed by atoms with Gasteiger partial charge in [-0.3, -0.25) is 9.78 Å². The van der Waals surface area contributed by atoms with Gasteiger partial charge in [-0.25, -0.2) is 4.98 Å². The molecular weight excluding hydrogens is 306 g/mol. The van der Waals surface area contributed by atoms with Gasteiger partial charge in [-0.05, 0) is 40.9 Å². The molecule has 1 N–H and O–H groups in total. The summed E-state index contributed by atoms with van der Waals surface area (Å²) in [6, 6.07) is 3.74. The van der Waals surface area contributed by atoms with E-state index in [1.54, 1.807) is 12.4 Å². The summed E-state index contributed by atoms with van der Waals surface area (Å²) >= 11 is 3.38. The molecule has 0 aliphatic heterocycles. The molecule has 0 radical (unpaired) electrons. The number of nitrogens with zero attached hydrogens (tertiary/aromatic N) is 2. The predicted octanol–water partition coefficient (Wildman–Crippen LogP) is 3.25. The van der Waals surface area contributed by atoms with Gasteiger partial charge in [0.15, 0.2) is 0 Å². The summed E-state index contributed by atoms with van der Waals surface area (Å²) in [4.78, 5) is 23.5. The summed E-state index contributed by atoms with van der Waals surface area (Å²) < 4.78 is 0.576. The minimum absolute atomic E-state index is 0.115. The lowest BCUT2D eigenvalue weighted by atomic mass is 10.0. The Labute approximate surface area is 119 Å². The highest BCUT2D eigenvalue weighted by Crippen LogP contribution is 2.35. The van der Waals surface area contributed by atoms with Crippen molar-refractivity contribution in [1.29, 1.82) is 0 Å². The Bertz CT molecular complexity index is 633. The molecule has 1 aliphatic rings. The molecule has 19 heavy (non-hydrogen) atoms. The third kappa shape index (κ3) is 2.47. The van der Waals surface area contributed by atoms with Crippen molar-refractivity contribution in [2.45, 2.75) is 31.6 Å². The number of rotatable bonds is 2. The van der Waals surface area contributed by atoms with E-state index in [0.717, 1.165) is 24.1 Å². The second kappa shape index (κ2) is 5.25. The molecule has 0 atom stereocenters. The van der Waals surface area contributed by atoms with Crippen LogP contribution in [-0.2, 0) is 0 Å². The molecule has 0 bridgehead atoms. The van der Waals surface area contributed by atoms with E-state index in [9.17, 15) is 4.79 Å². The van der Waals surface area contributed by atoms with E-state index < -0.39 is 0 Å². The zero-order chi connectivity index (χ0) is 13.2. The van der Waals surface area contributed by atoms with Gasteiger partial charge in [0.2, 0.25) is 0 Å². The molecule has 0 saturated heterocycles. The molecule has 1 fully saturated rings. The quantitative estimate of drug-likeness (QED) is 0.924. The van der Waals surface area contributed by atoms with Crippen LogP contribution in [0.25, 0.3) is 11.4 Å². The fraction of sp³-hybridized carbons (Fsp3) is 0.357. The van der Waals surface area contributed by atoms with E-state index in [1.165, 1.54) is 12.8 Å². The number of H-pyrrole nitrogens is 1. The molecule has 0 spiro atoms. The third-order valence-corrected chi connectivity index (χ3v) is 4.33. The van der Waals surface area contributed by atoms with Gasteiger partial charge in [0, 0.05) is 23.9 Å². The number of aromatic nitrogens is 3. The number of pyridine rings is 1. The molecule has 2 heterocycles. The topological polar surface area (TPSA) is 58.6 Å². The fourth-order valence-electron chi connectivity index (χ4n) is 2.59. The first-order valence-corrected chi connectivity index (χ1v) is 7.25. The predicted molar refractivity (Wildman–Crippen MR) is 77.0 cm³/mol. The van der Waals surface area contributed by atoms with Crippen molar-refractivity contribution in [3.05, 3.63) is 45.0 Å². The van der Waals surface area contributed by atoms with Gasteiger partial charge in [-0.15, -0.1) is 0 Å². The number of nitrogens with one attached hydrogen (secondary N) is 1. The van der Waals surface area contributed by atoms with Crippen LogP contribution in [-0.4, -0.2) is 15.0 Å². The number of hydrogen-bond acceptors (Lipinski definition) is 3. The minimum atomic E-state index is -0.115. The lowest BCUT2D eigenvalue weighted by Crippen LogP contribution is -2.15. The first-order chi connectivity index (χ1) is 9.25. The van der Waals surface area contributed by atoms with Crippen LogP contribution in [0.15, 0.2) is 33.8 Å². The summed E-state index contributed by atoms with van der Waals surface area (Å²) in [7, 11) is 0. The maximum atomic E-state index is 12.0. The second-order valence-electron chi connectivity index (χ2n) is 4.84. The normalized spacial score (nSPS) is 15.8. The maximum absolute atomic E-state index is 12.0. The molecule has 2 aromatic rings. The highest BCUT2D eigenvalue weighted by atomic mass is 79.9. The molecule has 2 aromatic heterocycles. The van der Waals surface area contributed by atoms with Gasteiger partial charge in [-0.2, -0.15) is 0 Å². The first-order valence-electron chi connectivity index (χ1n) is 6.46. The summed E-state index contributed by atoms with van der Waals surface area (Å²) in [6.07, 6.45) is 8.08. The standard InChI is InChI=1S/C14H14BrN3O/c15-11-12(9-4-1-2-5-9)17-13(18-14(11)19)10-6-3-7-16-8-10/h3,6-9H,1-2,4-5H2,(H,17,18,19). The number of hydrogen-bond donors (Lipinski definition) is 1. The van der Waals surface area contributed by atoms with Crippen LogP contribution in [0.1, 0.15) is 37.3 Å². The SMILES string of the molecule is O=c1[nH]c(-c2cccnc2)nc(C2CCCC2)c1Br. The highest BCUT2D eigenvalue weighted by Gasteiger charge is 2.23. The Morgan fingerprint density at radius 2 is 2.11 bits per heavy atom. The van der Waals surface area contributed by atoms with Gasteiger partial charge in [0.25, 0.3) is 5.56 Å². The van der Waals surface area contributed by atoms with E-state index in [-0.39, 0.29) is 5.56 Å². The molecular formula is C14H14BrN3O. The maximum Gasteiger partial charge on any atom is 0.265 e. The number of halogens is 1. The van der Waals surface area contributed by atoms with E-state index >= 15 is 0 Å². The van der Waals surface area contributed by atoms with E-state index in [4.69, 9.17) is 0 Å². The largest absolute Gasteiger partial charge is 0.305 e. The van der Waals surface area contributed by atoms with Crippen LogP contribution in [0.4, 0.5) is 0 Å². The van der Waals surface area contributed by atoms with Gasteiger partial charge in [0.1, 0.15) is 10.3 Å². The van der Waals surface area contributed by atoms with E-state index in [2.05, 4.69) is 30.9 Å². The van der Waals surface area contributed by atoms with Crippen LogP contribution in [0.3, 0.4) is 0 Å². The average Bonchev–Trinajstić information content (AvgIpc) is 2.96. The molecule has 0 unspecified atom stereocenters. The summed E-state index contributed by atoms with van der Waals surface area (Å²) in [6.45, 7) is 0. The van der Waals surface area contributed by atoms with Gasteiger partial charge in [0.05, 0.1) is 5.69 Å². The van der Waals surface area contributed by atoms with Crippen LogP contribution in [0, 0.1) is 0 Å². The molecule has 1 saturated carbocycles. The van der Waals surface area contributed by atoms with Crippen molar-refractivity contribution in [2.75, 3.05) is 0 Å². The van der Waals surface area contributed by atoms with Crippen LogP contribution >= 0.6 is 15.9 Å². The van der Waals surface area contributed by atoms with Crippen LogP contribution < -0.4 is 5.56 Å². The van der Waals surface area contributed by atoms with Crippen molar-refractivity contribution in [3.63, 3.8) is 0 Å².